The van der Waals surface area contributed by atoms with Crippen molar-refractivity contribution in [2.24, 2.45) is 11.7 Å². The zero-order chi connectivity index (χ0) is 12.6. The number of nitrogens with two attached hydrogens (primary N) is 1. The van der Waals surface area contributed by atoms with Gasteiger partial charge in [-0.05, 0) is 42.6 Å². The molecule has 0 amide bonds. The van der Waals surface area contributed by atoms with Crippen LogP contribution in [0.25, 0.3) is 0 Å². The van der Waals surface area contributed by atoms with Gasteiger partial charge in [0, 0.05) is 10.4 Å². The summed E-state index contributed by atoms with van der Waals surface area (Å²) >= 11 is 6.24. The van der Waals surface area contributed by atoms with Crippen molar-refractivity contribution in [1.82, 2.24) is 0 Å². The van der Waals surface area contributed by atoms with Crippen LogP contribution >= 0.6 is 11.6 Å². The molecule has 1 aromatic carbocycles. The molecule has 0 spiro atoms. The Hall–Kier alpha value is -0.640. The van der Waals surface area contributed by atoms with Gasteiger partial charge in [0.25, 0.3) is 0 Å². The van der Waals surface area contributed by atoms with Crippen molar-refractivity contribution in [3.05, 3.63) is 34.1 Å². The molecule has 94 valence electrons. The average Bonchev–Trinajstić information content (AvgIpc) is 2.23. The van der Waals surface area contributed by atoms with Gasteiger partial charge >= 0.3 is 0 Å². The molecule has 2 N–H and O–H groups in total. The standard InChI is InChI=1S/C13H17ClFNO/c1-8-3-11(14)10(4-12(8)15)13(6-17-7-13)9(2)5-16/h3-4,9H,5-7,16H2,1-2H3. The third kappa shape index (κ3) is 1.96. The second-order valence-corrected chi connectivity index (χ2v) is 5.27. The van der Waals surface area contributed by atoms with E-state index in [9.17, 15) is 4.39 Å². The van der Waals surface area contributed by atoms with Crippen molar-refractivity contribution in [2.45, 2.75) is 19.3 Å². The second-order valence-electron chi connectivity index (χ2n) is 4.87. The predicted octanol–water partition coefficient (Wildman–Crippen LogP) is 2.65. The Balaban J connectivity index is 2.48. The molecule has 0 saturated carbocycles. The minimum absolute atomic E-state index is 0.218. The van der Waals surface area contributed by atoms with Crippen LogP contribution in [0.15, 0.2) is 12.1 Å². The first-order chi connectivity index (χ1) is 8.01. The lowest BCUT2D eigenvalue weighted by atomic mass is 9.69. The molecule has 1 heterocycles. The summed E-state index contributed by atoms with van der Waals surface area (Å²) < 4.78 is 19.0. The molecule has 1 saturated heterocycles. The molecule has 4 heteroatoms. The van der Waals surface area contributed by atoms with E-state index in [1.807, 2.05) is 0 Å². The van der Waals surface area contributed by atoms with E-state index in [4.69, 9.17) is 22.1 Å². The van der Waals surface area contributed by atoms with E-state index in [0.717, 1.165) is 5.56 Å². The Morgan fingerprint density at radius 2 is 2.18 bits per heavy atom. The fourth-order valence-corrected chi connectivity index (χ4v) is 2.69. The largest absolute Gasteiger partial charge is 0.379 e. The summed E-state index contributed by atoms with van der Waals surface area (Å²) in [5, 5.41) is 0.604. The van der Waals surface area contributed by atoms with E-state index in [0.29, 0.717) is 30.3 Å². The quantitative estimate of drug-likeness (QED) is 0.904. The Bertz CT molecular complexity index is 432. The van der Waals surface area contributed by atoms with Crippen LogP contribution in [-0.2, 0) is 10.2 Å². The molecule has 1 aliphatic heterocycles. The SMILES string of the molecule is Cc1cc(Cl)c(C2(C(C)CN)COC2)cc1F. The highest BCUT2D eigenvalue weighted by molar-refractivity contribution is 6.31. The van der Waals surface area contributed by atoms with Crippen LogP contribution in [-0.4, -0.2) is 19.8 Å². The Kier molecular flexibility index (Phi) is 3.43. The first-order valence-corrected chi connectivity index (χ1v) is 6.13. The molecule has 0 aliphatic carbocycles. The van der Waals surface area contributed by atoms with Gasteiger partial charge in [0.2, 0.25) is 0 Å². The monoisotopic (exact) mass is 257 g/mol. The number of halogens is 2. The van der Waals surface area contributed by atoms with Gasteiger partial charge in [-0.3, -0.25) is 0 Å². The molecule has 1 unspecified atom stereocenters. The minimum atomic E-state index is -0.222. The number of ether oxygens (including phenoxy) is 1. The first-order valence-electron chi connectivity index (χ1n) is 5.75. The molecule has 17 heavy (non-hydrogen) atoms. The minimum Gasteiger partial charge on any atom is -0.379 e. The average molecular weight is 258 g/mol. The number of rotatable bonds is 3. The van der Waals surface area contributed by atoms with Crippen molar-refractivity contribution in [3.8, 4) is 0 Å². The second kappa shape index (κ2) is 4.56. The van der Waals surface area contributed by atoms with Gasteiger partial charge in [-0.15, -0.1) is 0 Å². The molecule has 1 aliphatic rings. The van der Waals surface area contributed by atoms with E-state index in [-0.39, 0.29) is 17.2 Å². The molecule has 1 aromatic rings. The van der Waals surface area contributed by atoms with Gasteiger partial charge < -0.3 is 10.5 Å². The van der Waals surface area contributed by atoms with Crippen LogP contribution in [0.3, 0.4) is 0 Å². The van der Waals surface area contributed by atoms with Crippen molar-refractivity contribution in [3.63, 3.8) is 0 Å². The summed E-state index contributed by atoms with van der Waals surface area (Å²) in [6.07, 6.45) is 0. The van der Waals surface area contributed by atoms with Crippen LogP contribution in [0.4, 0.5) is 4.39 Å². The summed E-state index contributed by atoms with van der Waals surface area (Å²) in [6, 6.07) is 3.21. The van der Waals surface area contributed by atoms with Gasteiger partial charge in [0.05, 0.1) is 13.2 Å². The van der Waals surface area contributed by atoms with E-state index in [1.165, 1.54) is 6.07 Å². The third-order valence-corrected chi connectivity index (χ3v) is 4.11. The number of aryl methyl sites for hydroxylation is 1. The summed E-state index contributed by atoms with van der Waals surface area (Å²) in [5.41, 5.74) is 6.90. The van der Waals surface area contributed by atoms with Crippen molar-refractivity contribution in [1.29, 1.82) is 0 Å². The lowest BCUT2D eigenvalue weighted by Crippen LogP contribution is -2.53. The van der Waals surface area contributed by atoms with Crippen molar-refractivity contribution in [2.75, 3.05) is 19.8 Å². The maximum absolute atomic E-state index is 13.7. The van der Waals surface area contributed by atoms with Gasteiger partial charge in [0.15, 0.2) is 0 Å². The molecule has 2 nitrogen and oxygen atoms in total. The molecule has 0 bridgehead atoms. The van der Waals surface area contributed by atoms with Crippen molar-refractivity contribution >= 4 is 11.6 Å². The topological polar surface area (TPSA) is 35.2 Å². The summed E-state index contributed by atoms with van der Waals surface area (Å²) in [7, 11) is 0. The van der Waals surface area contributed by atoms with Crippen LogP contribution in [0.1, 0.15) is 18.1 Å². The highest BCUT2D eigenvalue weighted by atomic mass is 35.5. The zero-order valence-corrected chi connectivity index (χ0v) is 10.9. The maximum atomic E-state index is 13.7. The van der Waals surface area contributed by atoms with E-state index in [2.05, 4.69) is 6.92 Å². The van der Waals surface area contributed by atoms with Gasteiger partial charge in [-0.1, -0.05) is 18.5 Å². The van der Waals surface area contributed by atoms with Crippen molar-refractivity contribution < 1.29 is 9.13 Å². The number of hydrogen-bond donors (Lipinski definition) is 1. The fraction of sp³-hybridized carbons (Fsp3) is 0.538. The molecule has 0 radical (unpaired) electrons. The Morgan fingerprint density at radius 3 is 2.65 bits per heavy atom. The van der Waals surface area contributed by atoms with E-state index < -0.39 is 0 Å². The van der Waals surface area contributed by atoms with E-state index >= 15 is 0 Å². The number of hydrogen-bond acceptors (Lipinski definition) is 2. The number of benzene rings is 1. The molecule has 1 fully saturated rings. The molecule has 1 atom stereocenters. The molecular formula is C13H17ClFNO. The lowest BCUT2D eigenvalue weighted by Gasteiger charge is -2.46. The third-order valence-electron chi connectivity index (χ3n) is 3.80. The van der Waals surface area contributed by atoms with Crippen LogP contribution < -0.4 is 5.73 Å². The van der Waals surface area contributed by atoms with Crippen LogP contribution in [0.2, 0.25) is 5.02 Å². The smallest absolute Gasteiger partial charge is 0.126 e. The normalized spacial score (nSPS) is 19.8. The van der Waals surface area contributed by atoms with Gasteiger partial charge in [0.1, 0.15) is 5.82 Å². The van der Waals surface area contributed by atoms with Crippen LogP contribution in [0.5, 0.6) is 0 Å². The van der Waals surface area contributed by atoms with E-state index in [1.54, 1.807) is 13.0 Å². The summed E-state index contributed by atoms with van der Waals surface area (Å²) in [6.45, 7) is 5.42. The predicted molar refractivity (Wildman–Crippen MR) is 66.9 cm³/mol. The first kappa shape index (κ1) is 12.8. The maximum Gasteiger partial charge on any atom is 0.126 e. The highest BCUT2D eigenvalue weighted by Gasteiger charge is 2.46. The molecule has 0 aromatic heterocycles. The highest BCUT2D eigenvalue weighted by Crippen LogP contribution is 2.42. The zero-order valence-electron chi connectivity index (χ0n) is 10.1. The lowest BCUT2D eigenvalue weighted by molar-refractivity contribution is -0.0854. The Morgan fingerprint density at radius 1 is 1.53 bits per heavy atom. The summed E-state index contributed by atoms with van der Waals surface area (Å²) in [4.78, 5) is 0. The van der Waals surface area contributed by atoms with Crippen LogP contribution in [0, 0.1) is 18.7 Å². The van der Waals surface area contributed by atoms with Gasteiger partial charge in [-0.25, -0.2) is 4.39 Å². The fourth-order valence-electron chi connectivity index (χ4n) is 2.28. The van der Waals surface area contributed by atoms with Gasteiger partial charge in [-0.2, -0.15) is 0 Å². The Labute approximate surface area is 106 Å². The molecule has 2 rings (SSSR count). The molecular weight excluding hydrogens is 241 g/mol. The summed E-state index contributed by atoms with van der Waals surface area (Å²) in [5.74, 6) is -0.00393.